The number of halogens is 1. The molecule has 4 nitrogen and oxygen atoms in total. The standard InChI is InChI=1S/C20H15BrN2O2/c21-17-10-8-15(9-11-17)19(24)14-23-12-4-7-18(13-23)22-20(25)16-5-2-1-3-6-16/h1-13H,14H2/p+1. The van der Waals surface area contributed by atoms with Crippen LogP contribution in [0.3, 0.4) is 0 Å². The zero-order valence-corrected chi connectivity index (χ0v) is 14.9. The van der Waals surface area contributed by atoms with Gasteiger partial charge in [-0.25, -0.2) is 0 Å². The predicted molar refractivity (Wildman–Crippen MR) is 99.5 cm³/mol. The molecule has 0 fully saturated rings. The van der Waals surface area contributed by atoms with E-state index in [1.807, 2.05) is 30.3 Å². The Hall–Kier alpha value is -2.79. The second-order valence-corrected chi connectivity index (χ2v) is 6.43. The van der Waals surface area contributed by atoms with Gasteiger partial charge in [0, 0.05) is 21.7 Å². The topological polar surface area (TPSA) is 50.0 Å². The molecule has 25 heavy (non-hydrogen) atoms. The van der Waals surface area contributed by atoms with Crippen LogP contribution in [0, 0.1) is 0 Å². The van der Waals surface area contributed by atoms with Gasteiger partial charge in [0.1, 0.15) is 5.69 Å². The molecule has 1 N–H and O–H groups in total. The van der Waals surface area contributed by atoms with Gasteiger partial charge in [0.2, 0.25) is 12.3 Å². The fourth-order valence-corrected chi connectivity index (χ4v) is 2.64. The van der Waals surface area contributed by atoms with Gasteiger partial charge in [-0.2, -0.15) is 4.57 Å². The lowest BCUT2D eigenvalue weighted by molar-refractivity contribution is -0.682. The van der Waals surface area contributed by atoms with Gasteiger partial charge < -0.3 is 5.32 Å². The molecule has 0 unspecified atom stereocenters. The Bertz CT molecular complexity index is 893. The van der Waals surface area contributed by atoms with Crippen molar-refractivity contribution in [1.82, 2.24) is 0 Å². The number of nitrogens with one attached hydrogen (secondary N) is 1. The smallest absolute Gasteiger partial charge is 0.255 e. The quantitative estimate of drug-likeness (QED) is 0.526. The first-order chi connectivity index (χ1) is 12.1. The molecule has 2 aromatic carbocycles. The number of benzene rings is 2. The maximum atomic E-state index is 12.4. The number of ketones is 1. The number of rotatable bonds is 5. The second kappa shape index (κ2) is 7.85. The minimum atomic E-state index is -0.183. The maximum Gasteiger partial charge on any atom is 0.255 e. The van der Waals surface area contributed by atoms with Gasteiger partial charge in [-0.1, -0.05) is 46.3 Å². The minimum absolute atomic E-state index is 0.00374. The van der Waals surface area contributed by atoms with Gasteiger partial charge in [0.25, 0.3) is 5.91 Å². The summed E-state index contributed by atoms with van der Waals surface area (Å²) in [7, 11) is 0. The number of hydrogen-bond acceptors (Lipinski definition) is 2. The van der Waals surface area contributed by atoms with Gasteiger partial charge >= 0.3 is 0 Å². The zero-order chi connectivity index (χ0) is 17.6. The molecule has 1 aromatic heterocycles. The molecule has 0 radical (unpaired) electrons. The van der Waals surface area contributed by atoms with Crippen LogP contribution in [0.2, 0.25) is 0 Å². The van der Waals surface area contributed by atoms with E-state index in [2.05, 4.69) is 21.2 Å². The maximum absolute atomic E-state index is 12.4. The van der Waals surface area contributed by atoms with Crippen molar-refractivity contribution in [2.75, 3.05) is 5.32 Å². The number of amides is 1. The summed E-state index contributed by atoms with van der Waals surface area (Å²) in [5.74, 6) is -0.179. The molecule has 3 rings (SSSR count). The van der Waals surface area contributed by atoms with E-state index in [1.54, 1.807) is 53.4 Å². The molecule has 0 aliphatic carbocycles. The van der Waals surface area contributed by atoms with Crippen LogP contribution in [0.4, 0.5) is 5.69 Å². The molecule has 0 saturated heterocycles. The summed E-state index contributed by atoms with van der Waals surface area (Å²) in [5, 5.41) is 2.84. The summed E-state index contributed by atoms with van der Waals surface area (Å²) < 4.78 is 2.69. The Morgan fingerprint density at radius 2 is 1.60 bits per heavy atom. The van der Waals surface area contributed by atoms with Crippen LogP contribution < -0.4 is 9.88 Å². The van der Waals surface area contributed by atoms with Gasteiger partial charge in [0.05, 0.1) is 0 Å². The van der Waals surface area contributed by atoms with E-state index < -0.39 is 0 Å². The molecule has 0 aliphatic heterocycles. The highest BCUT2D eigenvalue weighted by Crippen LogP contribution is 2.11. The number of carbonyl (C=O) groups excluding carboxylic acids is 2. The third kappa shape index (κ3) is 4.61. The molecular weight excluding hydrogens is 380 g/mol. The Balaban J connectivity index is 1.70. The average molecular weight is 396 g/mol. The van der Waals surface area contributed by atoms with E-state index in [1.165, 1.54) is 0 Å². The molecule has 0 spiro atoms. The van der Waals surface area contributed by atoms with Crippen LogP contribution in [-0.4, -0.2) is 11.7 Å². The third-order valence-corrected chi connectivity index (χ3v) is 4.17. The summed E-state index contributed by atoms with van der Waals surface area (Å²) in [4.78, 5) is 24.6. The third-order valence-electron chi connectivity index (χ3n) is 3.64. The fourth-order valence-electron chi connectivity index (χ4n) is 2.38. The Labute approximate surface area is 154 Å². The van der Waals surface area contributed by atoms with Crippen LogP contribution in [0.5, 0.6) is 0 Å². The lowest BCUT2D eigenvalue weighted by atomic mass is 10.1. The predicted octanol–water partition coefficient (Wildman–Crippen LogP) is 3.87. The number of Topliss-reactive ketones (excluding diaryl/α,β-unsaturated/α-hetero) is 1. The van der Waals surface area contributed by atoms with E-state index in [0.29, 0.717) is 16.8 Å². The number of hydrogen-bond donors (Lipinski definition) is 1. The molecule has 0 aliphatic rings. The van der Waals surface area contributed by atoms with E-state index in [0.717, 1.165) is 4.47 Å². The lowest BCUT2D eigenvalue weighted by Crippen LogP contribution is -2.37. The van der Waals surface area contributed by atoms with Crippen LogP contribution in [-0.2, 0) is 6.54 Å². The number of carbonyl (C=O) groups is 2. The largest absolute Gasteiger partial charge is 0.317 e. The van der Waals surface area contributed by atoms with Gasteiger partial charge in [-0.15, -0.1) is 0 Å². The normalized spacial score (nSPS) is 10.3. The van der Waals surface area contributed by atoms with Gasteiger partial charge in [0.15, 0.2) is 12.4 Å². The second-order valence-electron chi connectivity index (χ2n) is 5.52. The number of pyridine rings is 1. The van der Waals surface area contributed by atoms with Crippen molar-refractivity contribution in [2.24, 2.45) is 0 Å². The minimum Gasteiger partial charge on any atom is -0.317 e. The molecule has 0 bridgehead atoms. The molecule has 3 aromatic rings. The van der Waals surface area contributed by atoms with Crippen molar-refractivity contribution < 1.29 is 14.2 Å². The van der Waals surface area contributed by atoms with Crippen LogP contribution >= 0.6 is 15.9 Å². The Kier molecular flexibility index (Phi) is 5.36. The number of nitrogens with zero attached hydrogens (tertiary/aromatic N) is 1. The van der Waals surface area contributed by atoms with Crippen molar-refractivity contribution in [3.05, 3.63) is 94.7 Å². The summed E-state index contributed by atoms with van der Waals surface area (Å²) in [5.41, 5.74) is 1.87. The Morgan fingerprint density at radius 1 is 0.880 bits per heavy atom. The average Bonchev–Trinajstić information content (AvgIpc) is 2.63. The summed E-state index contributed by atoms with van der Waals surface area (Å²) >= 11 is 3.36. The van der Waals surface area contributed by atoms with Crippen molar-refractivity contribution in [3.63, 3.8) is 0 Å². The van der Waals surface area contributed by atoms with E-state index in [9.17, 15) is 9.59 Å². The highest BCUT2D eigenvalue weighted by atomic mass is 79.9. The molecule has 124 valence electrons. The van der Waals surface area contributed by atoms with Crippen LogP contribution in [0.1, 0.15) is 20.7 Å². The van der Waals surface area contributed by atoms with Gasteiger partial charge in [-0.3, -0.25) is 9.59 Å². The molecular formula is C20H16BrN2O2+. The first-order valence-corrected chi connectivity index (χ1v) is 8.55. The Morgan fingerprint density at radius 3 is 2.32 bits per heavy atom. The molecule has 0 atom stereocenters. The van der Waals surface area contributed by atoms with Crippen molar-refractivity contribution in [3.8, 4) is 0 Å². The number of anilines is 1. The summed E-state index contributed by atoms with van der Waals surface area (Å²) in [6.07, 6.45) is 3.55. The number of aromatic nitrogens is 1. The van der Waals surface area contributed by atoms with E-state index >= 15 is 0 Å². The van der Waals surface area contributed by atoms with Crippen molar-refractivity contribution in [1.29, 1.82) is 0 Å². The van der Waals surface area contributed by atoms with Crippen molar-refractivity contribution >= 4 is 33.3 Å². The SMILES string of the molecule is O=C(C[n+]1cccc(NC(=O)c2ccccc2)c1)c1ccc(Br)cc1. The first-order valence-electron chi connectivity index (χ1n) is 7.76. The zero-order valence-electron chi connectivity index (χ0n) is 13.4. The molecule has 1 amide bonds. The molecule has 5 heteroatoms. The van der Waals surface area contributed by atoms with E-state index in [-0.39, 0.29) is 18.2 Å². The van der Waals surface area contributed by atoms with Crippen LogP contribution in [0.25, 0.3) is 0 Å². The highest BCUT2D eigenvalue weighted by molar-refractivity contribution is 9.10. The van der Waals surface area contributed by atoms with Crippen molar-refractivity contribution in [2.45, 2.75) is 6.54 Å². The van der Waals surface area contributed by atoms with Crippen LogP contribution in [0.15, 0.2) is 83.6 Å². The molecule has 1 heterocycles. The first kappa shape index (κ1) is 17.0. The molecule has 0 saturated carbocycles. The monoisotopic (exact) mass is 395 g/mol. The van der Waals surface area contributed by atoms with Gasteiger partial charge in [-0.05, 0) is 30.3 Å². The fraction of sp³-hybridized carbons (Fsp3) is 0.0500. The summed E-state index contributed by atoms with van der Waals surface area (Å²) in [6.45, 7) is 0.205. The van der Waals surface area contributed by atoms with E-state index in [4.69, 9.17) is 0 Å². The highest BCUT2D eigenvalue weighted by Gasteiger charge is 2.13. The summed E-state index contributed by atoms with van der Waals surface area (Å²) in [6, 6.07) is 19.9. The lowest BCUT2D eigenvalue weighted by Gasteiger charge is -2.04.